The van der Waals surface area contributed by atoms with E-state index >= 15 is 0 Å². The topological polar surface area (TPSA) is 127 Å². The number of carbonyl (C=O) groups is 3. The van der Waals surface area contributed by atoms with Crippen molar-refractivity contribution in [2.75, 3.05) is 0 Å². The number of rotatable bonds is 7. The van der Waals surface area contributed by atoms with Crippen LogP contribution in [0, 0.1) is 0 Å². The van der Waals surface area contributed by atoms with Crippen molar-refractivity contribution >= 4 is 23.9 Å². The smallest absolute Gasteiger partial charge is 0.326 e. The van der Waals surface area contributed by atoms with Gasteiger partial charge in [0, 0.05) is 25.7 Å². The van der Waals surface area contributed by atoms with E-state index < -0.39 is 23.8 Å². The van der Waals surface area contributed by atoms with Crippen LogP contribution in [0.4, 0.5) is 0 Å². The molecule has 0 radical (unpaired) electrons. The van der Waals surface area contributed by atoms with E-state index in [1.54, 1.807) is 24.0 Å². The standard InChI is InChI=1S/C12H16N4O4/c1-16-8(6-7-14-16)2-5-11(18)15-9(12(19)20)3-4-10(13)17/h2,5-7,9H,3-4H2,1H3,(H2,13,17)(H,15,18)(H,19,20)/b5-2+/t9-/m0/s1. The summed E-state index contributed by atoms with van der Waals surface area (Å²) in [6.45, 7) is 0. The lowest BCUT2D eigenvalue weighted by Gasteiger charge is -2.11. The van der Waals surface area contributed by atoms with Crippen molar-refractivity contribution in [3.05, 3.63) is 24.0 Å². The second-order valence-electron chi connectivity index (χ2n) is 4.12. The van der Waals surface area contributed by atoms with E-state index in [9.17, 15) is 14.4 Å². The van der Waals surface area contributed by atoms with Gasteiger partial charge in [-0.15, -0.1) is 0 Å². The quantitative estimate of drug-likeness (QED) is 0.567. The maximum atomic E-state index is 11.6. The van der Waals surface area contributed by atoms with E-state index in [1.807, 2.05) is 0 Å². The lowest BCUT2D eigenvalue weighted by molar-refractivity contribution is -0.141. The average Bonchev–Trinajstić information content (AvgIpc) is 2.77. The van der Waals surface area contributed by atoms with E-state index in [2.05, 4.69) is 10.4 Å². The molecule has 0 bridgehead atoms. The van der Waals surface area contributed by atoms with Gasteiger partial charge in [0.05, 0.1) is 5.69 Å². The Morgan fingerprint density at radius 1 is 1.55 bits per heavy atom. The summed E-state index contributed by atoms with van der Waals surface area (Å²) in [5.74, 6) is -2.40. The number of hydrogen-bond acceptors (Lipinski definition) is 4. The molecule has 108 valence electrons. The Morgan fingerprint density at radius 2 is 2.25 bits per heavy atom. The number of carboxylic acids is 1. The van der Waals surface area contributed by atoms with E-state index in [-0.39, 0.29) is 12.8 Å². The van der Waals surface area contributed by atoms with Gasteiger partial charge in [-0.2, -0.15) is 5.10 Å². The second kappa shape index (κ2) is 7.07. The van der Waals surface area contributed by atoms with Crippen LogP contribution in [-0.4, -0.2) is 38.7 Å². The Morgan fingerprint density at radius 3 is 2.75 bits per heavy atom. The zero-order valence-corrected chi connectivity index (χ0v) is 10.9. The average molecular weight is 280 g/mol. The van der Waals surface area contributed by atoms with Gasteiger partial charge in [0.1, 0.15) is 6.04 Å². The normalized spacial score (nSPS) is 12.2. The van der Waals surface area contributed by atoms with Crippen molar-refractivity contribution in [1.82, 2.24) is 15.1 Å². The minimum Gasteiger partial charge on any atom is -0.480 e. The zero-order chi connectivity index (χ0) is 15.1. The third-order valence-electron chi connectivity index (χ3n) is 2.56. The van der Waals surface area contributed by atoms with Crippen LogP contribution < -0.4 is 11.1 Å². The van der Waals surface area contributed by atoms with Crippen LogP contribution in [0.3, 0.4) is 0 Å². The first kappa shape index (κ1) is 15.4. The number of aryl methyl sites for hydroxylation is 1. The molecule has 0 unspecified atom stereocenters. The lowest BCUT2D eigenvalue weighted by Crippen LogP contribution is -2.40. The molecule has 0 aromatic carbocycles. The molecule has 8 heteroatoms. The lowest BCUT2D eigenvalue weighted by atomic mass is 10.1. The molecule has 4 N–H and O–H groups in total. The van der Waals surface area contributed by atoms with Crippen molar-refractivity contribution in [2.45, 2.75) is 18.9 Å². The molecule has 0 aliphatic rings. The van der Waals surface area contributed by atoms with Gasteiger partial charge in [-0.1, -0.05) is 0 Å². The van der Waals surface area contributed by atoms with Gasteiger partial charge in [0.15, 0.2) is 0 Å². The molecule has 1 atom stereocenters. The minimum atomic E-state index is -1.21. The number of aliphatic carboxylic acids is 1. The molecular weight excluding hydrogens is 264 g/mol. The van der Waals surface area contributed by atoms with Gasteiger partial charge in [-0.25, -0.2) is 4.79 Å². The van der Waals surface area contributed by atoms with Crippen molar-refractivity contribution < 1.29 is 19.5 Å². The number of nitrogens with one attached hydrogen (secondary N) is 1. The number of primary amides is 1. The molecule has 0 saturated carbocycles. The summed E-state index contributed by atoms with van der Waals surface area (Å²) in [5, 5.41) is 15.1. The molecule has 0 fully saturated rings. The van der Waals surface area contributed by atoms with Gasteiger partial charge in [-0.3, -0.25) is 14.3 Å². The fourth-order valence-electron chi connectivity index (χ4n) is 1.47. The Labute approximate surface area is 115 Å². The number of nitrogens with zero attached hydrogens (tertiary/aromatic N) is 2. The summed E-state index contributed by atoms with van der Waals surface area (Å²) in [5.41, 5.74) is 5.64. The Hall–Kier alpha value is -2.64. The summed E-state index contributed by atoms with van der Waals surface area (Å²) < 4.78 is 1.56. The van der Waals surface area contributed by atoms with Crippen LogP contribution in [0.25, 0.3) is 6.08 Å². The molecule has 0 aliphatic heterocycles. The molecule has 0 spiro atoms. The number of nitrogens with two attached hydrogens (primary N) is 1. The van der Waals surface area contributed by atoms with Gasteiger partial charge in [-0.05, 0) is 18.6 Å². The molecule has 0 aliphatic carbocycles. The predicted molar refractivity (Wildman–Crippen MR) is 70.2 cm³/mol. The molecule has 20 heavy (non-hydrogen) atoms. The summed E-state index contributed by atoms with van der Waals surface area (Å²) in [7, 11) is 1.71. The van der Waals surface area contributed by atoms with Crippen LogP contribution >= 0.6 is 0 Å². The van der Waals surface area contributed by atoms with Gasteiger partial charge >= 0.3 is 5.97 Å². The van der Waals surface area contributed by atoms with E-state index in [0.29, 0.717) is 5.69 Å². The molecule has 1 aromatic heterocycles. The van der Waals surface area contributed by atoms with Gasteiger partial charge < -0.3 is 16.2 Å². The number of aromatic nitrogens is 2. The number of amides is 2. The van der Waals surface area contributed by atoms with Crippen LogP contribution in [-0.2, 0) is 21.4 Å². The van der Waals surface area contributed by atoms with E-state index in [1.165, 1.54) is 12.2 Å². The fraction of sp³-hybridized carbons (Fsp3) is 0.333. The zero-order valence-electron chi connectivity index (χ0n) is 10.9. The highest BCUT2D eigenvalue weighted by molar-refractivity contribution is 5.94. The highest BCUT2D eigenvalue weighted by Gasteiger charge is 2.19. The van der Waals surface area contributed by atoms with Crippen molar-refractivity contribution in [1.29, 1.82) is 0 Å². The van der Waals surface area contributed by atoms with Crippen molar-refractivity contribution in [3.63, 3.8) is 0 Å². The predicted octanol–water partition coefficient (Wildman–Crippen LogP) is -0.732. The second-order valence-corrected chi connectivity index (χ2v) is 4.12. The SMILES string of the molecule is Cn1nccc1/C=C/C(=O)N[C@@H](CCC(N)=O)C(=O)O. The first-order chi connectivity index (χ1) is 9.40. The van der Waals surface area contributed by atoms with E-state index in [4.69, 9.17) is 10.8 Å². The highest BCUT2D eigenvalue weighted by atomic mass is 16.4. The molecule has 1 heterocycles. The van der Waals surface area contributed by atoms with Gasteiger partial charge in [0.25, 0.3) is 0 Å². The molecule has 8 nitrogen and oxygen atoms in total. The monoisotopic (exact) mass is 280 g/mol. The minimum absolute atomic E-state index is 0.0457. The van der Waals surface area contributed by atoms with Gasteiger partial charge in [0.2, 0.25) is 11.8 Å². The summed E-state index contributed by atoms with van der Waals surface area (Å²) in [6, 6.07) is 0.553. The van der Waals surface area contributed by atoms with Crippen LogP contribution in [0.15, 0.2) is 18.3 Å². The fourth-order valence-corrected chi connectivity index (χ4v) is 1.47. The Kier molecular flexibility index (Phi) is 5.45. The molecular formula is C12H16N4O4. The highest BCUT2D eigenvalue weighted by Crippen LogP contribution is 2.00. The van der Waals surface area contributed by atoms with Crippen LogP contribution in [0.5, 0.6) is 0 Å². The number of hydrogen-bond donors (Lipinski definition) is 3. The maximum absolute atomic E-state index is 11.6. The van der Waals surface area contributed by atoms with Crippen LogP contribution in [0.2, 0.25) is 0 Å². The third-order valence-corrected chi connectivity index (χ3v) is 2.56. The molecule has 2 amide bonds. The summed E-state index contributed by atoms with van der Waals surface area (Å²) in [6.07, 6.45) is 4.13. The number of carboxylic acid groups (broad SMARTS) is 1. The largest absolute Gasteiger partial charge is 0.480 e. The Balaban J connectivity index is 2.58. The third kappa shape index (κ3) is 4.92. The first-order valence-electron chi connectivity index (χ1n) is 5.88. The summed E-state index contributed by atoms with van der Waals surface area (Å²) in [4.78, 5) is 33.2. The van der Waals surface area contributed by atoms with Crippen molar-refractivity contribution in [2.24, 2.45) is 12.8 Å². The number of carbonyl (C=O) groups excluding carboxylic acids is 2. The molecule has 0 saturated heterocycles. The van der Waals surface area contributed by atoms with Crippen LogP contribution in [0.1, 0.15) is 18.5 Å². The van der Waals surface area contributed by atoms with E-state index in [0.717, 1.165) is 0 Å². The molecule has 1 rings (SSSR count). The maximum Gasteiger partial charge on any atom is 0.326 e. The van der Waals surface area contributed by atoms with Crippen molar-refractivity contribution in [3.8, 4) is 0 Å². The first-order valence-corrected chi connectivity index (χ1v) is 5.88. The molecule has 1 aromatic rings. The Bertz CT molecular complexity index is 535. The summed E-state index contributed by atoms with van der Waals surface area (Å²) >= 11 is 0.